The lowest BCUT2D eigenvalue weighted by molar-refractivity contribution is 0.260. The Morgan fingerprint density at radius 1 is 1.00 bits per heavy atom. The zero-order valence-electron chi connectivity index (χ0n) is 13.2. The number of rotatable bonds is 7. The van der Waals surface area contributed by atoms with E-state index >= 15 is 0 Å². The molecule has 22 heavy (non-hydrogen) atoms. The van der Waals surface area contributed by atoms with E-state index in [9.17, 15) is 0 Å². The molecule has 0 saturated heterocycles. The van der Waals surface area contributed by atoms with Gasteiger partial charge in [-0.25, -0.2) is 4.98 Å². The summed E-state index contributed by atoms with van der Waals surface area (Å²) in [6.45, 7) is 7.32. The highest BCUT2D eigenvalue weighted by Gasteiger charge is 2.23. The zero-order chi connectivity index (χ0) is 16.1. The molecule has 0 aliphatic heterocycles. The van der Waals surface area contributed by atoms with E-state index < -0.39 is 0 Å². The van der Waals surface area contributed by atoms with Crippen molar-refractivity contribution in [2.24, 2.45) is 7.05 Å². The summed E-state index contributed by atoms with van der Waals surface area (Å²) in [5.41, 5.74) is 0.765. The van der Waals surface area contributed by atoms with Crippen LogP contribution < -0.4 is 14.2 Å². The van der Waals surface area contributed by atoms with Crippen molar-refractivity contribution in [3.8, 4) is 28.6 Å². The molecule has 2 aromatic rings. The van der Waals surface area contributed by atoms with Gasteiger partial charge in [0.25, 0.3) is 0 Å². The third kappa shape index (κ3) is 3.35. The molecular weight excluding hydrogens is 350 g/mol. The third-order valence-corrected chi connectivity index (χ3v) is 3.44. The van der Waals surface area contributed by atoms with E-state index in [4.69, 9.17) is 14.2 Å². The van der Waals surface area contributed by atoms with Crippen molar-refractivity contribution in [1.29, 1.82) is 0 Å². The van der Waals surface area contributed by atoms with Crippen LogP contribution >= 0.6 is 15.9 Å². The zero-order valence-corrected chi connectivity index (χ0v) is 14.8. The quantitative estimate of drug-likeness (QED) is 0.747. The molecule has 0 radical (unpaired) electrons. The van der Waals surface area contributed by atoms with Gasteiger partial charge in [-0.1, -0.05) is 0 Å². The first-order valence-corrected chi connectivity index (χ1v) is 8.02. The molecule has 1 heterocycles. The number of halogens is 1. The number of nitrogens with zero attached hydrogens (tertiary/aromatic N) is 3. The maximum atomic E-state index is 5.81. The van der Waals surface area contributed by atoms with Crippen LogP contribution in [0.1, 0.15) is 20.8 Å². The average Bonchev–Trinajstić information content (AvgIpc) is 2.92. The molecule has 0 aliphatic carbocycles. The average molecular weight is 370 g/mol. The van der Waals surface area contributed by atoms with E-state index in [1.807, 2.05) is 33.9 Å². The van der Waals surface area contributed by atoms with Crippen molar-refractivity contribution in [2.75, 3.05) is 19.8 Å². The predicted octanol–water partition coefficient (Wildman–Crippen LogP) is 3.44. The molecule has 0 aliphatic rings. The molecular formula is C15H20BrN3O3. The van der Waals surface area contributed by atoms with Gasteiger partial charge in [-0.15, -0.1) is 0 Å². The Bertz CT molecular complexity index is 643. The van der Waals surface area contributed by atoms with Crippen molar-refractivity contribution >= 4 is 15.9 Å². The topological polar surface area (TPSA) is 58.4 Å². The van der Waals surface area contributed by atoms with Gasteiger partial charge in [0.1, 0.15) is 6.33 Å². The van der Waals surface area contributed by atoms with Crippen molar-refractivity contribution in [2.45, 2.75) is 20.8 Å². The lowest BCUT2D eigenvalue weighted by Gasteiger charge is -2.19. The summed E-state index contributed by atoms with van der Waals surface area (Å²) in [6, 6.07) is 1.90. The molecule has 120 valence electrons. The fraction of sp³-hybridized carbons (Fsp3) is 0.467. The Balaban J connectivity index is 2.66. The minimum atomic E-state index is 0.506. The van der Waals surface area contributed by atoms with Gasteiger partial charge in [-0.2, -0.15) is 5.10 Å². The van der Waals surface area contributed by atoms with Crippen LogP contribution in [0.3, 0.4) is 0 Å². The van der Waals surface area contributed by atoms with Crippen LogP contribution in [0.2, 0.25) is 0 Å². The predicted molar refractivity (Wildman–Crippen MR) is 87.6 cm³/mol. The minimum absolute atomic E-state index is 0.506. The van der Waals surface area contributed by atoms with E-state index in [1.165, 1.54) is 0 Å². The number of benzene rings is 1. The Hall–Kier alpha value is -1.76. The summed E-state index contributed by atoms with van der Waals surface area (Å²) >= 11 is 3.54. The first-order chi connectivity index (χ1) is 10.6. The molecule has 0 spiro atoms. The molecule has 0 amide bonds. The molecule has 7 heteroatoms. The highest BCUT2D eigenvalue weighted by atomic mass is 79.9. The smallest absolute Gasteiger partial charge is 0.205 e. The molecule has 0 saturated carbocycles. The van der Waals surface area contributed by atoms with Gasteiger partial charge < -0.3 is 14.2 Å². The van der Waals surface area contributed by atoms with Crippen LogP contribution in [-0.2, 0) is 7.05 Å². The molecule has 0 bridgehead atoms. The molecule has 1 aromatic carbocycles. The number of aryl methyl sites for hydroxylation is 1. The van der Waals surface area contributed by atoms with Gasteiger partial charge in [0.05, 0.1) is 29.9 Å². The second-order valence-corrected chi connectivity index (χ2v) is 5.29. The van der Waals surface area contributed by atoms with Crippen LogP contribution in [0.5, 0.6) is 17.2 Å². The number of hydrogen-bond donors (Lipinski definition) is 0. The van der Waals surface area contributed by atoms with Crippen molar-refractivity contribution in [3.05, 3.63) is 16.9 Å². The molecule has 1 aromatic heterocycles. The monoisotopic (exact) mass is 369 g/mol. The van der Waals surface area contributed by atoms with E-state index in [-0.39, 0.29) is 0 Å². The standard InChI is InChI=1S/C15H20BrN3O3/c1-5-20-12-10(15-17-9-19(4)18-15)8-11(16)13(21-6-2)14(12)22-7-3/h8-9H,5-7H2,1-4H3. The largest absolute Gasteiger partial charge is 0.489 e. The molecule has 6 nitrogen and oxygen atoms in total. The SMILES string of the molecule is CCOc1c(Br)cc(-c2ncn(C)n2)c(OCC)c1OCC. The summed E-state index contributed by atoms with van der Waals surface area (Å²) < 4.78 is 19.7. The van der Waals surface area contributed by atoms with Crippen molar-refractivity contribution in [1.82, 2.24) is 14.8 Å². The van der Waals surface area contributed by atoms with E-state index in [2.05, 4.69) is 26.0 Å². The van der Waals surface area contributed by atoms with Gasteiger partial charge in [0.15, 0.2) is 17.3 Å². The lowest BCUT2D eigenvalue weighted by Crippen LogP contribution is -2.05. The van der Waals surface area contributed by atoms with Crippen molar-refractivity contribution in [3.63, 3.8) is 0 Å². The fourth-order valence-electron chi connectivity index (χ4n) is 2.06. The van der Waals surface area contributed by atoms with Crippen LogP contribution in [-0.4, -0.2) is 34.6 Å². The second-order valence-electron chi connectivity index (χ2n) is 4.43. The van der Waals surface area contributed by atoms with Gasteiger partial charge in [0, 0.05) is 7.05 Å². The molecule has 0 unspecified atom stereocenters. The van der Waals surface area contributed by atoms with Crippen LogP contribution in [0, 0.1) is 0 Å². The fourth-order valence-corrected chi connectivity index (χ4v) is 2.59. The summed E-state index contributed by atoms with van der Waals surface area (Å²) in [7, 11) is 1.82. The van der Waals surface area contributed by atoms with Gasteiger partial charge in [-0.05, 0) is 42.8 Å². The number of hydrogen-bond acceptors (Lipinski definition) is 5. The molecule has 0 fully saturated rings. The van der Waals surface area contributed by atoms with Crippen LogP contribution in [0.25, 0.3) is 11.4 Å². The highest BCUT2D eigenvalue weighted by Crippen LogP contribution is 2.48. The van der Waals surface area contributed by atoms with Gasteiger partial charge in [0.2, 0.25) is 5.75 Å². The number of aromatic nitrogens is 3. The maximum absolute atomic E-state index is 5.81. The highest BCUT2D eigenvalue weighted by molar-refractivity contribution is 9.10. The van der Waals surface area contributed by atoms with E-state index in [1.54, 1.807) is 11.0 Å². The molecule has 0 atom stereocenters. The first kappa shape index (κ1) is 16.6. The van der Waals surface area contributed by atoms with Gasteiger partial charge >= 0.3 is 0 Å². The molecule has 2 rings (SSSR count). The van der Waals surface area contributed by atoms with Gasteiger partial charge in [-0.3, -0.25) is 4.68 Å². The second kappa shape index (κ2) is 7.49. The summed E-state index contributed by atoms with van der Waals surface area (Å²) in [6.07, 6.45) is 1.65. The van der Waals surface area contributed by atoms with Crippen LogP contribution in [0.15, 0.2) is 16.9 Å². The van der Waals surface area contributed by atoms with Crippen molar-refractivity contribution < 1.29 is 14.2 Å². The summed E-state index contributed by atoms with van der Waals surface area (Å²) in [5.74, 6) is 2.38. The summed E-state index contributed by atoms with van der Waals surface area (Å²) in [5, 5.41) is 4.35. The van der Waals surface area contributed by atoms with Crippen LogP contribution in [0.4, 0.5) is 0 Å². The third-order valence-electron chi connectivity index (χ3n) is 2.85. The Morgan fingerprint density at radius 3 is 2.14 bits per heavy atom. The van der Waals surface area contributed by atoms with E-state index in [0.717, 1.165) is 10.0 Å². The maximum Gasteiger partial charge on any atom is 0.205 e. The summed E-state index contributed by atoms with van der Waals surface area (Å²) in [4.78, 5) is 4.30. The first-order valence-electron chi connectivity index (χ1n) is 7.23. The lowest BCUT2D eigenvalue weighted by atomic mass is 10.1. The minimum Gasteiger partial charge on any atom is -0.489 e. The Kier molecular flexibility index (Phi) is 5.65. The normalized spacial score (nSPS) is 10.6. The Labute approximate surface area is 138 Å². The molecule has 0 N–H and O–H groups in total. The Morgan fingerprint density at radius 2 is 1.59 bits per heavy atom. The number of ether oxygens (including phenoxy) is 3. The van der Waals surface area contributed by atoms with E-state index in [0.29, 0.717) is 42.9 Å².